The van der Waals surface area contributed by atoms with Crippen molar-refractivity contribution in [2.24, 2.45) is 11.8 Å². The van der Waals surface area contributed by atoms with Gasteiger partial charge in [-0.1, -0.05) is 97.1 Å². The summed E-state index contributed by atoms with van der Waals surface area (Å²) in [5.74, 6) is 2.04. The Balaban J connectivity index is 0.989. The topological polar surface area (TPSA) is 20.2 Å². The van der Waals surface area contributed by atoms with Crippen molar-refractivity contribution in [2.75, 3.05) is 11.4 Å². The van der Waals surface area contributed by atoms with Gasteiger partial charge in [-0.05, 0) is 110 Å². The van der Waals surface area contributed by atoms with Gasteiger partial charge in [0.2, 0.25) is 0 Å². The molecule has 4 aromatic carbocycles. The SMILES string of the molecule is C1=CC2C3CC(c4ccc5c(c4)c4ccccc4n5-c4ccc(C5C=CCCC5)cc4)CC=C3N(c3cccc(C4=CCCCN4)c3)C2C=C1. The summed E-state index contributed by atoms with van der Waals surface area (Å²) >= 11 is 0. The Bertz CT molecular complexity index is 2240. The van der Waals surface area contributed by atoms with Gasteiger partial charge in [-0.15, -0.1) is 0 Å². The van der Waals surface area contributed by atoms with E-state index in [9.17, 15) is 0 Å². The minimum atomic E-state index is 0.361. The van der Waals surface area contributed by atoms with Crippen LogP contribution in [-0.4, -0.2) is 17.2 Å². The number of rotatable bonds is 5. The number of anilines is 1. The lowest BCUT2D eigenvalue weighted by molar-refractivity contribution is 0.404. The van der Waals surface area contributed by atoms with Crippen LogP contribution in [0.15, 0.2) is 145 Å². The molecule has 5 aliphatic rings. The summed E-state index contributed by atoms with van der Waals surface area (Å²) in [5.41, 5.74) is 12.1. The fraction of sp³-hybridized carbons (Fsp3) is 0.277. The smallest absolute Gasteiger partial charge is 0.0591 e. The number of allylic oxidation sites excluding steroid dienone is 7. The number of para-hydroxylation sites is 1. The summed E-state index contributed by atoms with van der Waals surface area (Å²) in [5, 5.41) is 6.34. The third kappa shape index (κ3) is 5.01. The minimum Gasteiger partial charge on any atom is -0.385 e. The lowest BCUT2D eigenvalue weighted by Crippen LogP contribution is -2.30. The van der Waals surface area contributed by atoms with Crippen LogP contribution in [0, 0.1) is 11.8 Å². The zero-order valence-corrected chi connectivity index (χ0v) is 28.7. The molecule has 1 fully saturated rings. The molecule has 3 nitrogen and oxygen atoms in total. The highest BCUT2D eigenvalue weighted by molar-refractivity contribution is 6.09. The fourth-order valence-electron chi connectivity index (χ4n) is 9.75. The number of aromatic nitrogens is 1. The number of hydrogen-bond acceptors (Lipinski definition) is 2. The highest BCUT2D eigenvalue weighted by Crippen LogP contribution is 2.51. The number of hydrogen-bond donors (Lipinski definition) is 1. The van der Waals surface area contributed by atoms with Crippen LogP contribution in [0.3, 0.4) is 0 Å². The van der Waals surface area contributed by atoms with Crippen molar-refractivity contribution in [3.8, 4) is 5.69 Å². The number of benzene rings is 4. The standard InChI is InChI=1S/C47H45N3/c1-2-11-32(12-3-1)33-20-24-37(25-21-33)49-44-18-6-4-15-39(44)41-30-34(22-26-46(41)49)35-23-27-47-42(31-35)40-16-5-7-19-45(40)50(47)38-14-10-13-36(29-38)43-17-8-9-28-48-43/h2,4-7,10-11,13-22,24-27,29-30,32,35,40,42,45,48H,1,3,8-9,12,23,28,31H2. The maximum Gasteiger partial charge on any atom is 0.0591 e. The van der Waals surface area contributed by atoms with Crippen molar-refractivity contribution in [1.82, 2.24) is 9.88 Å². The van der Waals surface area contributed by atoms with Gasteiger partial charge in [-0.3, -0.25) is 0 Å². The van der Waals surface area contributed by atoms with E-state index in [0.717, 1.165) is 19.4 Å². The molecular formula is C47H45N3. The van der Waals surface area contributed by atoms with Gasteiger partial charge in [-0.25, -0.2) is 0 Å². The van der Waals surface area contributed by atoms with Crippen molar-refractivity contribution in [1.29, 1.82) is 0 Å². The lowest BCUT2D eigenvalue weighted by atomic mass is 9.75. The van der Waals surface area contributed by atoms with Crippen LogP contribution >= 0.6 is 0 Å². The van der Waals surface area contributed by atoms with Crippen molar-refractivity contribution in [3.63, 3.8) is 0 Å². The normalized spacial score (nSPS) is 25.7. The first kappa shape index (κ1) is 29.9. The van der Waals surface area contributed by atoms with E-state index in [0.29, 0.717) is 29.7 Å². The van der Waals surface area contributed by atoms with Crippen LogP contribution in [0.25, 0.3) is 33.2 Å². The summed E-state index contributed by atoms with van der Waals surface area (Å²) in [6.45, 7) is 1.06. The first-order chi connectivity index (χ1) is 24.8. The molecule has 2 aliphatic heterocycles. The first-order valence-corrected chi connectivity index (χ1v) is 19.0. The predicted octanol–water partition coefficient (Wildman–Crippen LogP) is 11.3. The first-order valence-electron chi connectivity index (χ1n) is 19.0. The molecule has 5 aromatic rings. The van der Waals surface area contributed by atoms with E-state index in [1.807, 2.05) is 0 Å². The molecule has 1 N–H and O–H groups in total. The summed E-state index contributed by atoms with van der Waals surface area (Å²) in [6.07, 6.45) is 27.5. The molecule has 5 unspecified atom stereocenters. The maximum absolute atomic E-state index is 3.64. The van der Waals surface area contributed by atoms with E-state index >= 15 is 0 Å². The molecule has 0 radical (unpaired) electrons. The largest absolute Gasteiger partial charge is 0.385 e. The molecule has 1 aromatic heterocycles. The predicted molar refractivity (Wildman–Crippen MR) is 210 cm³/mol. The van der Waals surface area contributed by atoms with Gasteiger partial charge >= 0.3 is 0 Å². The van der Waals surface area contributed by atoms with E-state index in [1.54, 1.807) is 0 Å². The summed E-state index contributed by atoms with van der Waals surface area (Å²) in [6, 6.07) is 35.3. The molecule has 1 saturated heterocycles. The van der Waals surface area contributed by atoms with Gasteiger partial charge in [0.15, 0.2) is 0 Å². The molecule has 0 saturated carbocycles. The van der Waals surface area contributed by atoms with E-state index in [4.69, 9.17) is 0 Å². The molecule has 0 bridgehead atoms. The molecule has 50 heavy (non-hydrogen) atoms. The van der Waals surface area contributed by atoms with Crippen LogP contribution in [0.4, 0.5) is 5.69 Å². The minimum absolute atomic E-state index is 0.361. The average molecular weight is 652 g/mol. The number of nitrogens with one attached hydrogen (secondary N) is 1. The highest BCUT2D eigenvalue weighted by atomic mass is 15.2. The molecule has 3 heteroatoms. The van der Waals surface area contributed by atoms with Crippen molar-refractivity contribution in [3.05, 3.63) is 162 Å². The summed E-state index contributed by atoms with van der Waals surface area (Å²) in [4.78, 5) is 2.66. The molecule has 0 spiro atoms. The molecule has 5 atom stereocenters. The molecule has 10 rings (SSSR count). The van der Waals surface area contributed by atoms with E-state index in [2.05, 4.69) is 154 Å². The fourth-order valence-corrected chi connectivity index (χ4v) is 9.75. The maximum atomic E-state index is 3.64. The van der Waals surface area contributed by atoms with Crippen LogP contribution in [-0.2, 0) is 0 Å². The highest BCUT2D eigenvalue weighted by Gasteiger charge is 2.46. The number of fused-ring (bicyclic) bond motifs is 6. The van der Waals surface area contributed by atoms with Gasteiger partial charge in [0.25, 0.3) is 0 Å². The van der Waals surface area contributed by atoms with E-state index in [-0.39, 0.29) is 0 Å². The second-order valence-electron chi connectivity index (χ2n) is 15.0. The molecule has 248 valence electrons. The third-order valence-corrected chi connectivity index (χ3v) is 12.2. The van der Waals surface area contributed by atoms with Crippen LogP contribution < -0.4 is 10.2 Å². The monoisotopic (exact) mass is 651 g/mol. The quantitative estimate of drug-likeness (QED) is 0.191. The Morgan fingerprint density at radius 3 is 2.44 bits per heavy atom. The average Bonchev–Trinajstić information content (AvgIpc) is 3.71. The van der Waals surface area contributed by atoms with E-state index in [1.165, 1.54) is 93.4 Å². The lowest BCUT2D eigenvalue weighted by Gasteiger charge is -2.31. The second kappa shape index (κ2) is 12.4. The Kier molecular flexibility index (Phi) is 7.40. The summed E-state index contributed by atoms with van der Waals surface area (Å²) < 4.78 is 2.47. The zero-order chi connectivity index (χ0) is 33.0. The van der Waals surface area contributed by atoms with Gasteiger partial charge in [0.05, 0.1) is 17.1 Å². The Labute approximate surface area is 296 Å². The van der Waals surface area contributed by atoms with Gasteiger partial charge in [0.1, 0.15) is 0 Å². The third-order valence-electron chi connectivity index (χ3n) is 12.2. The Hall–Kier alpha value is -5.02. The van der Waals surface area contributed by atoms with Crippen molar-refractivity contribution < 1.29 is 0 Å². The van der Waals surface area contributed by atoms with Crippen LogP contribution in [0.2, 0.25) is 0 Å². The Morgan fingerprint density at radius 2 is 1.56 bits per heavy atom. The second-order valence-corrected chi connectivity index (χ2v) is 15.0. The molecular weight excluding hydrogens is 607 g/mol. The van der Waals surface area contributed by atoms with Crippen molar-refractivity contribution >= 4 is 33.2 Å². The van der Waals surface area contributed by atoms with Crippen LogP contribution in [0.1, 0.15) is 73.5 Å². The van der Waals surface area contributed by atoms with Gasteiger partial charge < -0.3 is 14.8 Å². The zero-order valence-electron chi connectivity index (χ0n) is 28.7. The summed E-state index contributed by atoms with van der Waals surface area (Å²) in [7, 11) is 0. The Morgan fingerprint density at radius 1 is 0.680 bits per heavy atom. The van der Waals surface area contributed by atoms with Crippen LogP contribution in [0.5, 0.6) is 0 Å². The van der Waals surface area contributed by atoms with E-state index < -0.39 is 0 Å². The number of nitrogens with zero attached hydrogens (tertiary/aromatic N) is 2. The van der Waals surface area contributed by atoms with Crippen molar-refractivity contribution in [2.45, 2.75) is 62.8 Å². The molecule has 3 aliphatic carbocycles. The van der Waals surface area contributed by atoms with Gasteiger partial charge in [0, 0.05) is 57.8 Å². The van der Waals surface area contributed by atoms with Gasteiger partial charge in [-0.2, -0.15) is 0 Å². The molecule has 3 heterocycles. The molecule has 0 amide bonds.